The number of alkyl halides is 1. The number of halogens is 1. The molecule has 1 nitrogen and oxygen atoms in total. The van der Waals surface area contributed by atoms with Crippen molar-refractivity contribution in [2.24, 2.45) is 0 Å². The smallest absolute Gasteiger partial charge is 0.154 e. The van der Waals surface area contributed by atoms with Crippen molar-refractivity contribution < 1.29 is 4.79 Å². The maximum Gasteiger partial charge on any atom is 0.154 e. The Balaban J connectivity index is 2.88. The lowest BCUT2D eigenvalue weighted by Gasteiger charge is -2.07. The fourth-order valence-corrected chi connectivity index (χ4v) is 1.48. The van der Waals surface area contributed by atoms with Crippen LogP contribution in [-0.2, 0) is 4.79 Å². The van der Waals surface area contributed by atoms with Gasteiger partial charge in [0.15, 0.2) is 5.78 Å². The number of benzene rings is 1. The van der Waals surface area contributed by atoms with Crippen molar-refractivity contribution in [1.29, 1.82) is 0 Å². The average Bonchev–Trinajstić information content (AvgIpc) is 2.15. The van der Waals surface area contributed by atoms with Gasteiger partial charge in [0.05, 0.1) is 0 Å². The first-order valence-corrected chi connectivity index (χ1v) is 4.82. The van der Waals surface area contributed by atoms with Crippen molar-refractivity contribution in [3.63, 3.8) is 0 Å². The molecule has 0 saturated carbocycles. The minimum absolute atomic E-state index is 0.0762. The third kappa shape index (κ3) is 2.56. The predicted molar refractivity (Wildman–Crippen MR) is 55.1 cm³/mol. The van der Waals surface area contributed by atoms with Gasteiger partial charge in [-0.2, -0.15) is 0 Å². The van der Waals surface area contributed by atoms with Crippen LogP contribution in [-0.4, -0.2) is 5.78 Å². The number of rotatable bonds is 3. The molecule has 2 heteroatoms. The van der Waals surface area contributed by atoms with E-state index >= 15 is 0 Å². The number of carbonyl (C=O) groups is 1. The van der Waals surface area contributed by atoms with Gasteiger partial charge >= 0.3 is 0 Å². The topological polar surface area (TPSA) is 17.1 Å². The Morgan fingerprint density at radius 2 is 2.23 bits per heavy atom. The molecule has 1 unspecified atom stereocenters. The molecular weight excluding hydrogens is 184 g/mol. The standard InChI is InChI=1S/C11H13ClO/c1-3-10(13)11(12)9-6-4-5-8(2)7-9/h4-7,11H,3H2,1-2H3. The summed E-state index contributed by atoms with van der Waals surface area (Å²) in [5, 5.41) is -0.482. The summed E-state index contributed by atoms with van der Waals surface area (Å²) < 4.78 is 0. The van der Waals surface area contributed by atoms with Crippen LogP contribution in [0, 0.1) is 6.92 Å². The second-order valence-corrected chi connectivity index (χ2v) is 3.53. The van der Waals surface area contributed by atoms with Gasteiger partial charge in [-0.1, -0.05) is 36.8 Å². The first-order chi connectivity index (χ1) is 6.15. The Labute approximate surface area is 83.7 Å². The summed E-state index contributed by atoms with van der Waals surface area (Å²) in [4.78, 5) is 11.3. The summed E-state index contributed by atoms with van der Waals surface area (Å²) in [7, 11) is 0. The normalized spacial score (nSPS) is 12.5. The Morgan fingerprint density at radius 3 is 2.77 bits per heavy atom. The van der Waals surface area contributed by atoms with Gasteiger partial charge in [-0.15, -0.1) is 11.6 Å². The molecule has 0 amide bonds. The van der Waals surface area contributed by atoms with Gasteiger partial charge in [-0.25, -0.2) is 0 Å². The number of hydrogen-bond donors (Lipinski definition) is 0. The van der Waals surface area contributed by atoms with E-state index < -0.39 is 5.38 Å². The lowest BCUT2D eigenvalue weighted by atomic mass is 10.0. The molecule has 0 spiro atoms. The molecule has 0 bridgehead atoms. The van der Waals surface area contributed by atoms with E-state index in [9.17, 15) is 4.79 Å². The zero-order valence-electron chi connectivity index (χ0n) is 7.88. The van der Waals surface area contributed by atoms with Crippen LogP contribution < -0.4 is 0 Å². The van der Waals surface area contributed by atoms with E-state index in [4.69, 9.17) is 11.6 Å². The molecule has 1 aromatic rings. The van der Waals surface area contributed by atoms with Crippen LogP contribution in [0.2, 0.25) is 0 Å². The van der Waals surface area contributed by atoms with E-state index in [0.29, 0.717) is 6.42 Å². The molecule has 70 valence electrons. The van der Waals surface area contributed by atoms with E-state index in [1.165, 1.54) is 0 Å². The summed E-state index contributed by atoms with van der Waals surface area (Å²) in [6, 6.07) is 7.75. The molecule has 0 aliphatic heterocycles. The molecule has 0 saturated heterocycles. The van der Waals surface area contributed by atoms with E-state index in [-0.39, 0.29) is 5.78 Å². The van der Waals surface area contributed by atoms with Gasteiger partial charge in [-0.05, 0) is 12.5 Å². The number of hydrogen-bond acceptors (Lipinski definition) is 1. The zero-order chi connectivity index (χ0) is 9.84. The van der Waals surface area contributed by atoms with Gasteiger partial charge in [0.25, 0.3) is 0 Å². The van der Waals surface area contributed by atoms with Crippen LogP contribution in [0.4, 0.5) is 0 Å². The van der Waals surface area contributed by atoms with Crippen molar-refractivity contribution in [3.05, 3.63) is 35.4 Å². The summed E-state index contributed by atoms with van der Waals surface area (Å²) in [5.74, 6) is 0.0762. The lowest BCUT2D eigenvalue weighted by molar-refractivity contribution is -0.118. The van der Waals surface area contributed by atoms with Crippen molar-refractivity contribution in [3.8, 4) is 0 Å². The Kier molecular flexibility index (Phi) is 3.49. The van der Waals surface area contributed by atoms with Gasteiger partial charge in [0, 0.05) is 6.42 Å². The summed E-state index contributed by atoms with van der Waals surface area (Å²) in [6.07, 6.45) is 0.488. The lowest BCUT2D eigenvalue weighted by Crippen LogP contribution is -2.04. The van der Waals surface area contributed by atoms with Gasteiger partial charge in [-0.3, -0.25) is 4.79 Å². The molecule has 0 aliphatic carbocycles. The molecule has 0 fully saturated rings. The van der Waals surface area contributed by atoms with Crippen molar-refractivity contribution >= 4 is 17.4 Å². The molecule has 13 heavy (non-hydrogen) atoms. The summed E-state index contributed by atoms with van der Waals surface area (Å²) >= 11 is 5.98. The summed E-state index contributed by atoms with van der Waals surface area (Å²) in [6.45, 7) is 3.82. The highest BCUT2D eigenvalue weighted by molar-refractivity contribution is 6.31. The third-order valence-electron chi connectivity index (χ3n) is 1.97. The molecule has 0 N–H and O–H groups in total. The Hall–Kier alpha value is -0.820. The SMILES string of the molecule is CCC(=O)C(Cl)c1cccc(C)c1. The van der Waals surface area contributed by atoms with Gasteiger partial charge in [0.1, 0.15) is 5.38 Å². The number of carbonyl (C=O) groups excluding carboxylic acids is 1. The molecule has 1 atom stereocenters. The number of Topliss-reactive ketones (excluding diaryl/α,β-unsaturated/α-hetero) is 1. The maximum atomic E-state index is 11.3. The van der Waals surface area contributed by atoms with Crippen LogP contribution in [0.25, 0.3) is 0 Å². The predicted octanol–water partition coefficient (Wildman–Crippen LogP) is 3.25. The second kappa shape index (κ2) is 4.43. The van der Waals surface area contributed by atoms with Gasteiger partial charge < -0.3 is 0 Å². The van der Waals surface area contributed by atoms with Crippen molar-refractivity contribution in [2.75, 3.05) is 0 Å². The van der Waals surface area contributed by atoms with Gasteiger partial charge in [0.2, 0.25) is 0 Å². The highest BCUT2D eigenvalue weighted by Crippen LogP contribution is 2.23. The maximum absolute atomic E-state index is 11.3. The molecule has 1 rings (SSSR count). The monoisotopic (exact) mass is 196 g/mol. The minimum Gasteiger partial charge on any atom is -0.298 e. The Bertz CT molecular complexity index is 307. The molecule has 0 radical (unpaired) electrons. The van der Waals surface area contributed by atoms with E-state index in [1.54, 1.807) is 0 Å². The van der Waals surface area contributed by atoms with E-state index in [0.717, 1.165) is 11.1 Å². The van der Waals surface area contributed by atoms with Crippen molar-refractivity contribution in [2.45, 2.75) is 25.6 Å². The van der Waals surface area contributed by atoms with Crippen LogP contribution in [0.5, 0.6) is 0 Å². The molecular formula is C11H13ClO. The summed E-state index contributed by atoms with van der Waals surface area (Å²) in [5.41, 5.74) is 2.03. The molecule has 0 aromatic heterocycles. The first kappa shape index (κ1) is 10.3. The molecule has 0 heterocycles. The van der Waals surface area contributed by atoms with Crippen LogP contribution in [0.3, 0.4) is 0 Å². The highest BCUT2D eigenvalue weighted by Gasteiger charge is 2.14. The quantitative estimate of drug-likeness (QED) is 0.679. The highest BCUT2D eigenvalue weighted by atomic mass is 35.5. The minimum atomic E-state index is -0.482. The fraction of sp³-hybridized carbons (Fsp3) is 0.364. The molecule has 0 aliphatic rings. The van der Waals surface area contributed by atoms with Crippen molar-refractivity contribution in [1.82, 2.24) is 0 Å². The second-order valence-electron chi connectivity index (χ2n) is 3.10. The zero-order valence-corrected chi connectivity index (χ0v) is 8.64. The first-order valence-electron chi connectivity index (χ1n) is 4.38. The fourth-order valence-electron chi connectivity index (χ4n) is 1.19. The van der Waals surface area contributed by atoms with E-state index in [2.05, 4.69) is 0 Å². The van der Waals surface area contributed by atoms with Crippen LogP contribution >= 0.6 is 11.6 Å². The average molecular weight is 197 g/mol. The van der Waals surface area contributed by atoms with Crippen LogP contribution in [0.1, 0.15) is 29.8 Å². The number of aryl methyl sites for hydroxylation is 1. The number of ketones is 1. The molecule has 1 aromatic carbocycles. The largest absolute Gasteiger partial charge is 0.298 e. The van der Waals surface area contributed by atoms with E-state index in [1.807, 2.05) is 38.1 Å². The van der Waals surface area contributed by atoms with Crippen LogP contribution in [0.15, 0.2) is 24.3 Å². The Morgan fingerprint density at radius 1 is 1.54 bits per heavy atom. The third-order valence-corrected chi connectivity index (χ3v) is 2.46.